The summed E-state index contributed by atoms with van der Waals surface area (Å²) in [6.07, 6.45) is 3.33. The van der Waals surface area contributed by atoms with Gasteiger partial charge < -0.3 is 9.32 Å². The van der Waals surface area contributed by atoms with Crippen molar-refractivity contribution in [3.05, 3.63) is 48.5 Å². The van der Waals surface area contributed by atoms with Crippen LogP contribution < -0.4 is 0 Å². The van der Waals surface area contributed by atoms with Crippen molar-refractivity contribution >= 4 is 17.5 Å². The van der Waals surface area contributed by atoms with E-state index < -0.39 is 0 Å². The van der Waals surface area contributed by atoms with Gasteiger partial charge in [0.1, 0.15) is 5.76 Å². The molecule has 0 aliphatic rings. The van der Waals surface area contributed by atoms with E-state index in [1.165, 1.54) is 0 Å². The molecule has 0 spiro atoms. The molecule has 0 atom stereocenters. The average molecular weight is 254 g/mol. The standard InChI is InChI=1S/C13H16ClNO2/c1-4-6-15(7-5-2)13(16)12-8-11(9-14)10(3)17-12/h4-5,8H,1-2,6-7,9H2,3H3. The van der Waals surface area contributed by atoms with Gasteiger partial charge in [0.25, 0.3) is 5.91 Å². The minimum absolute atomic E-state index is 0.177. The molecule has 0 aliphatic heterocycles. The molecule has 1 aromatic rings. The second-order valence-electron chi connectivity index (χ2n) is 3.61. The monoisotopic (exact) mass is 253 g/mol. The number of aryl methyl sites for hydroxylation is 1. The van der Waals surface area contributed by atoms with E-state index in [0.29, 0.717) is 30.5 Å². The summed E-state index contributed by atoms with van der Waals surface area (Å²) in [6.45, 7) is 9.95. The molecule has 0 N–H and O–H groups in total. The van der Waals surface area contributed by atoms with Gasteiger partial charge in [-0.2, -0.15) is 0 Å². The summed E-state index contributed by atoms with van der Waals surface area (Å²) in [5, 5.41) is 0. The summed E-state index contributed by atoms with van der Waals surface area (Å²) in [4.78, 5) is 13.7. The van der Waals surface area contributed by atoms with Crippen LogP contribution in [0.4, 0.5) is 0 Å². The fourth-order valence-corrected chi connectivity index (χ4v) is 1.73. The van der Waals surface area contributed by atoms with Crippen molar-refractivity contribution in [2.45, 2.75) is 12.8 Å². The van der Waals surface area contributed by atoms with Crippen molar-refractivity contribution < 1.29 is 9.21 Å². The van der Waals surface area contributed by atoms with Gasteiger partial charge in [0.05, 0.1) is 5.88 Å². The van der Waals surface area contributed by atoms with Gasteiger partial charge in [-0.05, 0) is 13.0 Å². The summed E-state index contributed by atoms with van der Waals surface area (Å²) in [5.74, 6) is 1.15. The molecule has 4 heteroatoms. The van der Waals surface area contributed by atoms with Gasteiger partial charge in [-0.1, -0.05) is 12.2 Å². The average Bonchev–Trinajstić information content (AvgIpc) is 2.69. The third kappa shape index (κ3) is 3.24. The molecule has 1 heterocycles. The Labute approximate surface area is 106 Å². The van der Waals surface area contributed by atoms with Gasteiger partial charge in [-0.3, -0.25) is 4.79 Å². The Bertz CT molecular complexity index is 413. The highest BCUT2D eigenvalue weighted by molar-refractivity contribution is 6.17. The fourth-order valence-electron chi connectivity index (χ4n) is 1.47. The maximum absolute atomic E-state index is 12.1. The third-order valence-corrected chi connectivity index (χ3v) is 2.65. The summed E-state index contributed by atoms with van der Waals surface area (Å²) >= 11 is 5.73. The van der Waals surface area contributed by atoms with Crippen molar-refractivity contribution in [1.29, 1.82) is 0 Å². The Kier molecular flexibility index (Phi) is 5.04. The van der Waals surface area contributed by atoms with Gasteiger partial charge >= 0.3 is 0 Å². The summed E-state index contributed by atoms with van der Waals surface area (Å²) in [5.41, 5.74) is 0.840. The van der Waals surface area contributed by atoms with E-state index in [0.717, 1.165) is 5.56 Å². The Morgan fingerprint density at radius 1 is 1.47 bits per heavy atom. The lowest BCUT2D eigenvalue weighted by molar-refractivity contribution is 0.0758. The molecule has 0 unspecified atom stereocenters. The van der Waals surface area contributed by atoms with Crippen molar-refractivity contribution in [2.24, 2.45) is 0 Å². The van der Waals surface area contributed by atoms with Crippen LogP contribution in [-0.2, 0) is 5.88 Å². The van der Waals surface area contributed by atoms with Crippen LogP contribution in [-0.4, -0.2) is 23.9 Å². The lowest BCUT2D eigenvalue weighted by atomic mass is 10.2. The first-order valence-corrected chi connectivity index (χ1v) is 5.83. The molecular formula is C13H16ClNO2. The molecule has 0 bridgehead atoms. The molecule has 17 heavy (non-hydrogen) atoms. The van der Waals surface area contributed by atoms with Gasteiger partial charge in [-0.15, -0.1) is 24.8 Å². The van der Waals surface area contributed by atoms with E-state index in [-0.39, 0.29) is 5.91 Å². The first kappa shape index (κ1) is 13.6. The number of furan rings is 1. The second-order valence-corrected chi connectivity index (χ2v) is 3.88. The normalized spacial score (nSPS) is 10.0. The highest BCUT2D eigenvalue weighted by Crippen LogP contribution is 2.18. The molecule has 1 amide bonds. The van der Waals surface area contributed by atoms with Crippen LogP contribution in [0.2, 0.25) is 0 Å². The molecule has 0 saturated heterocycles. The van der Waals surface area contributed by atoms with E-state index in [1.807, 2.05) is 0 Å². The Morgan fingerprint density at radius 3 is 2.47 bits per heavy atom. The Morgan fingerprint density at radius 2 is 2.06 bits per heavy atom. The van der Waals surface area contributed by atoms with Crippen LogP contribution in [0.1, 0.15) is 21.9 Å². The largest absolute Gasteiger partial charge is 0.456 e. The minimum Gasteiger partial charge on any atom is -0.456 e. The predicted octanol–water partition coefficient (Wildman–Crippen LogP) is 3.14. The van der Waals surface area contributed by atoms with Gasteiger partial charge in [0, 0.05) is 18.7 Å². The number of carbonyl (C=O) groups excluding carboxylic acids is 1. The smallest absolute Gasteiger partial charge is 0.290 e. The van der Waals surface area contributed by atoms with Crippen molar-refractivity contribution in [1.82, 2.24) is 4.90 Å². The van der Waals surface area contributed by atoms with Crippen molar-refractivity contribution in [3.8, 4) is 0 Å². The lowest BCUT2D eigenvalue weighted by Crippen LogP contribution is -2.30. The number of amides is 1. The van der Waals surface area contributed by atoms with E-state index in [2.05, 4.69) is 13.2 Å². The molecule has 92 valence electrons. The van der Waals surface area contributed by atoms with Gasteiger partial charge in [-0.25, -0.2) is 0 Å². The first-order chi connectivity index (χ1) is 8.13. The number of hydrogen-bond acceptors (Lipinski definition) is 2. The summed E-state index contributed by atoms with van der Waals surface area (Å²) in [6, 6.07) is 1.68. The summed E-state index contributed by atoms with van der Waals surface area (Å²) < 4.78 is 5.40. The summed E-state index contributed by atoms with van der Waals surface area (Å²) in [7, 11) is 0. The van der Waals surface area contributed by atoms with Crippen molar-refractivity contribution in [3.63, 3.8) is 0 Å². The number of rotatable bonds is 6. The van der Waals surface area contributed by atoms with Crippen LogP contribution in [0.15, 0.2) is 35.8 Å². The molecule has 1 aromatic heterocycles. The number of nitrogens with zero attached hydrogens (tertiary/aromatic N) is 1. The maximum atomic E-state index is 12.1. The lowest BCUT2D eigenvalue weighted by Gasteiger charge is -2.17. The van der Waals surface area contributed by atoms with E-state index in [1.54, 1.807) is 30.0 Å². The van der Waals surface area contributed by atoms with Crippen LogP contribution in [0.5, 0.6) is 0 Å². The molecular weight excluding hydrogens is 238 g/mol. The topological polar surface area (TPSA) is 33.5 Å². The first-order valence-electron chi connectivity index (χ1n) is 5.30. The van der Waals surface area contributed by atoms with Crippen LogP contribution in [0, 0.1) is 6.92 Å². The Balaban J connectivity index is 2.91. The Hall–Kier alpha value is -1.48. The van der Waals surface area contributed by atoms with Crippen LogP contribution >= 0.6 is 11.6 Å². The number of alkyl halides is 1. The maximum Gasteiger partial charge on any atom is 0.290 e. The molecule has 0 aliphatic carbocycles. The van der Waals surface area contributed by atoms with E-state index >= 15 is 0 Å². The van der Waals surface area contributed by atoms with Crippen LogP contribution in [0.3, 0.4) is 0 Å². The van der Waals surface area contributed by atoms with Gasteiger partial charge in [0.15, 0.2) is 5.76 Å². The highest BCUT2D eigenvalue weighted by atomic mass is 35.5. The van der Waals surface area contributed by atoms with Gasteiger partial charge in [0.2, 0.25) is 0 Å². The number of carbonyl (C=O) groups is 1. The number of halogens is 1. The SMILES string of the molecule is C=CCN(CC=C)C(=O)c1cc(CCl)c(C)o1. The molecule has 1 rings (SSSR count). The fraction of sp³-hybridized carbons (Fsp3) is 0.308. The van der Waals surface area contributed by atoms with E-state index in [9.17, 15) is 4.79 Å². The predicted molar refractivity (Wildman–Crippen MR) is 69.3 cm³/mol. The van der Waals surface area contributed by atoms with E-state index in [4.69, 9.17) is 16.0 Å². The second kappa shape index (κ2) is 6.30. The molecule has 0 aromatic carbocycles. The molecule has 0 fully saturated rings. The number of hydrogen-bond donors (Lipinski definition) is 0. The third-order valence-electron chi connectivity index (χ3n) is 2.36. The van der Waals surface area contributed by atoms with Crippen molar-refractivity contribution in [2.75, 3.05) is 13.1 Å². The highest BCUT2D eigenvalue weighted by Gasteiger charge is 2.18. The molecule has 0 saturated carbocycles. The molecule has 0 radical (unpaired) electrons. The van der Waals surface area contributed by atoms with Crippen LogP contribution in [0.25, 0.3) is 0 Å². The molecule has 3 nitrogen and oxygen atoms in total. The minimum atomic E-state index is -0.177. The zero-order valence-electron chi connectivity index (χ0n) is 9.91. The zero-order chi connectivity index (χ0) is 12.8. The quantitative estimate of drug-likeness (QED) is 0.576. The zero-order valence-corrected chi connectivity index (χ0v) is 10.7.